The number of nitrogens with one attached hydrogen (secondary N) is 2. The van der Waals surface area contributed by atoms with Crippen LogP contribution in [0.2, 0.25) is 0 Å². The summed E-state index contributed by atoms with van der Waals surface area (Å²) >= 11 is 2.24. The summed E-state index contributed by atoms with van der Waals surface area (Å²) in [5, 5.41) is 15.0. The summed E-state index contributed by atoms with van der Waals surface area (Å²) in [4.78, 5) is 24.3. The lowest BCUT2D eigenvalue weighted by atomic mass is 10.0. The highest BCUT2D eigenvalue weighted by Crippen LogP contribution is 2.18. The lowest BCUT2D eigenvalue weighted by Gasteiger charge is -2.18. The number of aliphatic hydroxyl groups is 1. The number of amides is 1. The van der Waals surface area contributed by atoms with E-state index < -0.39 is 18.4 Å². The molecule has 0 spiro atoms. The van der Waals surface area contributed by atoms with Gasteiger partial charge in [-0.25, -0.2) is 0 Å². The van der Waals surface area contributed by atoms with Gasteiger partial charge in [0.15, 0.2) is 5.78 Å². The molecule has 0 saturated carbocycles. The van der Waals surface area contributed by atoms with E-state index in [4.69, 9.17) is 0 Å². The van der Waals surface area contributed by atoms with E-state index >= 15 is 0 Å². The van der Waals surface area contributed by atoms with Gasteiger partial charge in [-0.1, -0.05) is 48.5 Å². The predicted molar refractivity (Wildman–Crippen MR) is 110 cm³/mol. The van der Waals surface area contributed by atoms with Gasteiger partial charge in [0.25, 0.3) is 0 Å². The minimum Gasteiger partial charge on any atom is -0.389 e. The molecule has 138 valence electrons. The molecule has 1 atom stereocenters. The van der Waals surface area contributed by atoms with Crippen LogP contribution >= 0.6 is 22.6 Å². The molecule has 0 heterocycles. The molecule has 1 unspecified atom stereocenters. The van der Waals surface area contributed by atoms with Crippen LogP contribution in [0, 0.1) is 10.5 Å². The molecule has 2 rings (SSSR count). The highest BCUT2D eigenvalue weighted by atomic mass is 127. The number of rotatable bonds is 9. The fraction of sp³-hybridized carbons (Fsp3) is 0.300. The van der Waals surface area contributed by atoms with E-state index in [9.17, 15) is 14.7 Å². The van der Waals surface area contributed by atoms with Gasteiger partial charge in [-0.15, -0.1) is 0 Å². The Morgan fingerprint density at radius 2 is 1.85 bits per heavy atom. The SMILES string of the molecule is Cc1cccc(CC(NC(=O)CNCc2ccccc2)C(=O)CO)c1I. The molecule has 6 heteroatoms. The van der Waals surface area contributed by atoms with Crippen LogP contribution in [0.15, 0.2) is 48.5 Å². The van der Waals surface area contributed by atoms with Crippen LogP contribution in [-0.2, 0) is 22.6 Å². The highest BCUT2D eigenvalue weighted by Gasteiger charge is 2.21. The van der Waals surface area contributed by atoms with Crippen LogP contribution in [-0.4, -0.2) is 36.0 Å². The Morgan fingerprint density at radius 1 is 1.12 bits per heavy atom. The number of aliphatic hydroxyl groups excluding tert-OH is 1. The molecule has 5 nitrogen and oxygen atoms in total. The van der Waals surface area contributed by atoms with Crippen molar-refractivity contribution < 1.29 is 14.7 Å². The Morgan fingerprint density at radius 3 is 2.54 bits per heavy atom. The van der Waals surface area contributed by atoms with Gasteiger partial charge in [-0.3, -0.25) is 9.59 Å². The van der Waals surface area contributed by atoms with Crippen molar-refractivity contribution in [2.75, 3.05) is 13.2 Å². The highest BCUT2D eigenvalue weighted by molar-refractivity contribution is 14.1. The van der Waals surface area contributed by atoms with Gasteiger partial charge in [0.05, 0.1) is 12.6 Å². The predicted octanol–water partition coefficient (Wildman–Crippen LogP) is 1.98. The van der Waals surface area contributed by atoms with Gasteiger partial charge in [0, 0.05) is 16.5 Å². The van der Waals surface area contributed by atoms with Crippen LogP contribution < -0.4 is 10.6 Å². The fourth-order valence-electron chi connectivity index (χ4n) is 2.60. The summed E-state index contributed by atoms with van der Waals surface area (Å²) in [7, 11) is 0. The van der Waals surface area contributed by atoms with Crippen molar-refractivity contribution in [2.45, 2.75) is 25.9 Å². The quantitative estimate of drug-likeness (QED) is 0.494. The standard InChI is InChI=1S/C20H23IN2O3/c1-14-6-5-9-16(20(14)21)10-17(18(25)13-24)23-19(26)12-22-11-15-7-3-2-4-8-15/h2-9,17,22,24H,10-13H2,1H3,(H,23,26). The molecular weight excluding hydrogens is 443 g/mol. The summed E-state index contributed by atoms with van der Waals surface area (Å²) in [5.41, 5.74) is 3.18. The Labute approximate surface area is 167 Å². The number of hydrogen-bond donors (Lipinski definition) is 3. The summed E-state index contributed by atoms with van der Waals surface area (Å²) in [6.45, 7) is 2.09. The Bertz CT molecular complexity index is 750. The first-order valence-corrected chi connectivity index (χ1v) is 9.50. The summed E-state index contributed by atoms with van der Waals surface area (Å²) in [5.74, 6) is -0.658. The number of ketones is 1. The van der Waals surface area contributed by atoms with E-state index in [1.54, 1.807) is 0 Å². The number of halogens is 1. The van der Waals surface area contributed by atoms with E-state index in [0.29, 0.717) is 13.0 Å². The largest absolute Gasteiger partial charge is 0.389 e. The molecule has 0 radical (unpaired) electrons. The first-order chi connectivity index (χ1) is 12.5. The maximum absolute atomic E-state index is 12.2. The summed E-state index contributed by atoms with van der Waals surface area (Å²) in [6.07, 6.45) is 0.365. The number of hydrogen-bond acceptors (Lipinski definition) is 4. The van der Waals surface area contributed by atoms with Crippen LogP contribution in [0.3, 0.4) is 0 Å². The minimum atomic E-state index is -0.735. The van der Waals surface area contributed by atoms with Gasteiger partial charge < -0.3 is 15.7 Å². The second-order valence-electron chi connectivity index (χ2n) is 6.09. The molecule has 0 aromatic heterocycles. The first-order valence-electron chi connectivity index (χ1n) is 8.43. The van der Waals surface area contributed by atoms with E-state index in [2.05, 4.69) is 33.2 Å². The first kappa shape index (κ1) is 20.5. The average molecular weight is 466 g/mol. The molecule has 0 aliphatic heterocycles. The third-order valence-electron chi connectivity index (χ3n) is 4.03. The number of carbonyl (C=O) groups excluding carboxylic acids is 2. The zero-order chi connectivity index (χ0) is 18.9. The molecule has 0 fully saturated rings. The summed E-state index contributed by atoms with van der Waals surface area (Å²) < 4.78 is 1.07. The molecule has 2 aromatic rings. The normalized spacial score (nSPS) is 11.8. The number of Topliss-reactive ketones (excluding diaryl/α,β-unsaturated/α-hetero) is 1. The number of benzene rings is 2. The third kappa shape index (κ3) is 6.19. The molecule has 3 N–H and O–H groups in total. The smallest absolute Gasteiger partial charge is 0.234 e. The van der Waals surface area contributed by atoms with Gasteiger partial charge in [0.1, 0.15) is 6.61 Å². The molecular formula is C20H23IN2O3. The summed E-state index contributed by atoms with van der Waals surface area (Å²) in [6, 6.07) is 14.9. The van der Waals surface area contributed by atoms with Crippen molar-refractivity contribution in [2.24, 2.45) is 0 Å². The van der Waals surface area contributed by atoms with Crippen LogP contribution in [0.5, 0.6) is 0 Å². The number of carbonyl (C=O) groups is 2. The molecule has 1 amide bonds. The van der Waals surface area contributed by atoms with E-state index in [0.717, 1.165) is 20.3 Å². The van der Waals surface area contributed by atoms with Crippen molar-refractivity contribution in [3.8, 4) is 0 Å². The molecule has 2 aromatic carbocycles. The fourth-order valence-corrected chi connectivity index (χ4v) is 3.18. The second kappa shape index (κ2) is 10.4. The molecule has 0 aliphatic rings. The van der Waals surface area contributed by atoms with E-state index in [1.165, 1.54) is 0 Å². The Balaban J connectivity index is 1.93. The van der Waals surface area contributed by atoms with E-state index in [-0.39, 0.29) is 12.5 Å². The van der Waals surface area contributed by atoms with Crippen molar-refractivity contribution in [1.29, 1.82) is 0 Å². The lowest BCUT2D eigenvalue weighted by Crippen LogP contribution is -2.46. The van der Waals surface area contributed by atoms with Gasteiger partial charge in [0.2, 0.25) is 5.91 Å². The van der Waals surface area contributed by atoms with Gasteiger partial charge in [-0.05, 0) is 46.2 Å². The van der Waals surface area contributed by atoms with Gasteiger partial charge >= 0.3 is 0 Å². The van der Waals surface area contributed by atoms with Crippen LogP contribution in [0.4, 0.5) is 0 Å². The van der Waals surface area contributed by atoms with Crippen molar-refractivity contribution in [3.63, 3.8) is 0 Å². The number of aryl methyl sites for hydroxylation is 1. The lowest BCUT2D eigenvalue weighted by molar-refractivity contribution is -0.128. The minimum absolute atomic E-state index is 0.106. The van der Waals surface area contributed by atoms with Crippen LogP contribution in [0.1, 0.15) is 16.7 Å². The van der Waals surface area contributed by atoms with Gasteiger partial charge in [-0.2, -0.15) is 0 Å². The van der Waals surface area contributed by atoms with E-state index in [1.807, 2.05) is 55.5 Å². The second-order valence-corrected chi connectivity index (χ2v) is 7.16. The maximum Gasteiger partial charge on any atom is 0.234 e. The average Bonchev–Trinajstić information content (AvgIpc) is 2.65. The molecule has 0 bridgehead atoms. The Kier molecular flexibility index (Phi) is 8.21. The molecule has 26 heavy (non-hydrogen) atoms. The topological polar surface area (TPSA) is 78.4 Å². The van der Waals surface area contributed by atoms with Crippen molar-refractivity contribution >= 4 is 34.3 Å². The molecule has 0 aliphatic carbocycles. The third-order valence-corrected chi connectivity index (χ3v) is 5.58. The molecule has 0 saturated heterocycles. The zero-order valence-electron chi connectivity index (χ0n) is 14.7. The maximum atomic E-state index is 12.2. The van der Waals surface area contributed by atoms with Crippen LogP contribution in [0.25, 0.3) is 0 Å². The van der Waals surface area contributed by atoms with Crippen molar-refractivity contribution in [3.05, 3.63) is 68.8 Å². The van der Waals surface area contributed by atoms with Crippen molar-refractivity contribution in [1.82, 2.24) is 10.6 Å². The zero-order valence-corrected chi connectivity index (χ0v) is 16.8. The monoisotopic (exact) mass is 466 g/mol. The Hall–Kier alpha value is -1.77.